The van der Waals surface area contributed by atoms with Crippen molar-refractivity contribution in [3.63, 3.8) is 0 Å². The predicted octanol–water partition coefficient (Wildman–Crippen LogP) is 4.04. The fourth-order valence-electron chi connectivity index (χ4n) is 5.79. The van der Waals surface area contributed by atoms with E-state index in [1.165, 1.54) is 11.8 Å². The van der Waals surface area contributed by atoms with Crippen LogP contribution in [0.25, 0.3) is 0 Å². The van der Waals surface area contributed by atoms with Gasteiger partial charge in [0, 0.05) is 35.6 Å². The average Bonchev–Trinajstić information content (AvgIpc) is 3.62. The molecule has 0 radical (unpaired) electrons. The van der Waals surface area contributed by atoms with Gasteiger partial charge in [-0.2, -0.15) is 0 Å². The lowest BCUT2D eigenvalue weighted by Gasteiger charge is -2.42. The first-order valence-electron chi connectivity index (χ1n) is 10.6. The third-order valence-electron chi connectivity index (χ3n) is 7.14. The third kappa shape index (κ3) is 2.51. The van der Waals surface area contributed by atoms with Crippen LogP contribution >= 0.6 is 35.3 Å². The first-order valence-corrected chi connectivity index (χ1v) is 12.7. The van der Waals surface area contributed by atoms with Gasteiger partial charge in [-0.15, -0.1) is 11.3 Å². The molecule has 3 aliphatic heterocycles. The molecular formula is C24H21N3O3S3. The number of hydrogen-bond acceptors (Lipinski definition) is 7. The van der Waals surface area contributed by atoms with E-state index in [2.05, 4.69) is 11.0 Å². The number of likely N-dealkylation sites (tertiary alicyclic amines) is 1. The lowest BCUT2D eigenvalue weighted by Crippen LogP contribution is -2.62. The molecule has 0 aliphatic carbocycles. The first kappa shape index (κ1) is 21.1. The van der Waals surface area contributed by atoms with E-state index in [0.717, 1.165) is 16.1 Å². The summed E-state index contributed by atoms with van der Waals surface area (Å²) in [6, 6.07) is 15.5. The summed E-state index contributed by atoms with van der Waals surface area (Å²) in [5.74, 6) is 0.249. The van der Waals surface area contributed by atoms with Crippen molar-refractivity contribution in [2.45, 2.75) is 22.7 Å². The third-order valence-corrected chi connectivity index (χ3v) is 10.1. The minimum Gasteiger partial charge on any atom is -0.467 e. The number of fused-ring (bicyclic) bond motifs is 3. The molecule has 6 rings (SSSR count). The molecule has 3 aliphatic rings. The Morgan fingerprint density at radius 3 is 2.64 bits per heavy atom. The van der Waals surface area contributed by atoms with Crippen molar-refractivity contribution in [1.82, 2.24) is 9.80 Å². The molecule has 3 unspecified atom stereocenters. The minimum absolute atomic E-state index is 0.0891. The van der Waals surface area contributed by atoms with Crippen LogP contribution < -0.4 is 4.90 Å². The van der Waals surface area contributed by atoms with Crippen LogP contribution in [0.5, 0.6) is 0 Å². The Kier molecular flexibility index (Phi) is 4.65. The normalized spacial score (nSPS) is 29.3. The molecule has 0 saturated carbocycles. The first-order chi connectivity index (χ1) is 15.9. The highest BCUT2D eigenvalue weighted by Crippen LogP contribution is 2.66. The Hall–Kier alpha value is -2.46. The molecule has 2 aromatic heterocycles. The van der Waals surface area contributed by atoms with E-state index in [1.54, 1.807) is 40.5 Å². The molecule has 33 heavy (non-hydrogen) atoms. The standard InChI is InChI=1S/C24H21N3O3S3/c1-25-14-17(19-10-6-12-32-19)24(21(29)27(22(31)33-24)13-15-7-5-11-30-15)23(25)16-8-3-4-9-18(16)26(2)20(23)28/h3-12,17H,13-14H2,1-2H3. The number of hydrogen-bond donors (Lipinski definition) is 0. The number of anilines is 1. The molecule has 9 heteroatoms. The number of amides is 2. The van der Waals surface area contributed by atoms with Gasteiger partial charge in [-0.3, -0.25) is 19.4 Å². The fourth-order valence-corrected chi connectivity index (χ4v) is 8.86. The number of carbonyl (C=O) groups is 2. The molecular weight excluding hydrogens is 474 g/mol. The summed E-state index contributed by atoms with van der Waals surface area (Å²) < 4.78 is 4.89. The van der Waals surface area contributed by atoms with Crippen molar-refractivity contribution in [2.24, 2.45) is 0 Å². The monoisotopic (exact) mass is 495 g/mol. The van der Waals surface area contributed by atoms with Gasteiger partial charge in [0.2, 0.25) is 5.91 Å². The van der Waals surface area contributed by atoms with Crippen molar-refractivity contribution in [1.29, 1.82) is 0 Å². The number of thiocarbonyl (C=S) groups is 1. The molecule has 5 heterocycles. The maximum atomic E-state index is 14.5. The summed E-state index contributed by atoms with van der Waals surface area (Å²) in [4.78, 5) is 35.2. The number of furan rings is 1. The van der Waals surface area contributed by atoms with Gasteiger partial charge in [0.1, 0.15) is 14.8 Å². The number of benzene rings is 1. The summed E-state index contributed by atoms with van der Waals surface area (Å²) in [6.45, 7) is 0.826. The molecule has 2 amide bonds. The van der Waals surface area contributed by atoms with Crippen LogP contribution in [0.2, 0.25) is 0 Å². The molecule has 2 fully saturated rings. The second kappa shape index (κ2) is 7.27. The Bertz CT molecular complexity index is 1280. The number of nitrogens with zero attached hydrogens (tertiary/aromatic N) is 3. The van der Waals surface area contributed by atoms with E-state index in [0.29, 0.717) is 16.6 Å². The van der Waals surface area contributed by atoms with Gasteiger partial charge in [-0.1, -0.05) is 48.2 Å². The van der Waals surface area contributed by atoms with E-state index in [9.17, 15) is 9.59 Å². The quantitative estimate of drug-likeness (QED) is 0.511. The van der Waals surface area contributed by atoms with Gasteiger partial charge in [-0.05, 0) is 36.7 Å². The topological polar surface area (TPSA) is 57.0 Å². The zero-order valence-corrected chi connectivity index (χ0v) is 20.5. The van der Waals surface area contributed by atoms with Crippen molar-refractivity contribution in [3.8, 4) is 0 Å². The van der Waals surface area contributed by atoms with Crippen LogP contribution in [0.3, 0.4) is 0 Å². The summed E-state index contributed by atoms with van der Waals surface area (Å²) in [5.41, 5.74) is 0.545. The number of para-hydroxylation sites is 1. The Morgan fingerprint density at radius 2 is 1.91 bits per heavy atom. The summed E-state index contributed by atoms with van der Waals surface area (Å²) in [7, 11) is 3.74. The largest absolute Gasteiger partial charge is 0.467 e. The van der Waals surface area contributed by atoms with E-state index in [4.69, 9.17) is 16.6 Å². The number of rotatable bonds is 3. The zero-order chi connectivity index (χ0) is 23.0. The molecule has 1 aromatic carbocycles. The van der Waals surface area contributed by atoms with Crippen molar-refractivity contribution < 1.29 is 14.0 Å². The lowest BCUT2D eigenvalue weighted by atomic mass is 9.73. The molecule has 168 valence electrons. The van der Waals surface area contributed by atoms with Crippen molar-refractivity contribution in [3.05, 3.63) is 76.4 Å². The molecule has 0 N–H and O–H groups in total. The van der Waals surface area contributed by atoms with E-state index in [-0.39, 0.29) is 24.3 Å². The minimum atomic E-state index is -1.16. The molecule has 3 atom stereocenters. The van der Waals surface area contributed by atoms with E-state index < -0.39 is 10.3 Å². The Morgan fingerprint density at radius 1 is 1.09 bits per heavy atom. The summed E-state index contributed by atoms with van der Waals surface area (Å²) in [5, 5.41) is 2.02. The van der Waals surface area contributed by atoms with Gasteiger partial charge < -0.3 is 9.32 Å². The SMILES string of the molecule is CN1C(=O)C2(c3ccccc31)N(C)CC(c1cccs1)C21SC(=S)N(Cc2ccco2)C1=O. The van der Waals surface area contributed by atoms with E-state index in [1.807, 2.05) is 48.8 Å². The van der Waals surface area contributed by atoms with Crippen LogP contribution in [0.15, 0.2) is 64.6 Å². The van der Waals surface area contributed by atoms with Crippen molar-refractivity contribution >= 4 is 57.1 Å². The van der Waals surface area contributed by atoms with Gasteiger partial charge in [0.05, 0.1) is 12.8 Å². The number of likely N-dealkylation sites (N-methyl/N-ethyl adjacent to an activating group) is 2. The van der Waals surface area contributed by atoms with Gasteiger partial charge in [-0.25, -0.2) is 0 Å². The van der Waals surface area contributed by atoms with Crippen LogP contribution in [0.4, 0.5) is 5.69 Å². The highest BCUT2D eigenvalue weighted by atomic mass is 32.2. The Balaban J connectivity index is 1.60. The Labute approximate surface area is 205 Å². The number of thiophene rings is 1. The second-order valence-electron chi connectivity index (χ2n) is 8.61. The van der Waals surface area contributed by atoms with Gasteiger partial charge in [0.25, 0.3) is 5.91 Å². The van der Waals surface area contributed by atoms with E-state index >= 15 is 0 Å². The average molecular weight is 496 g/mol. The summed E-state index contributed by atoms with van der Waals surface area (Å²) >= 11 is 8.79. The highest BCUT2D eigenvalue weighted by Gasteiger charge is 2.78. The van der Waals surface area contributed by atoms with Crippen LogP contribution in [-0.4, -0.2) is 51.3 Å². The summed E-state index contributed by atoms with van der Waals surface area (Å²) in [6.07, 6.45) is 1.59. The van der Waals surface area contributed by atoms with Crippen LogP contribution in [0, 0.1) is 0 Å². The van der Waals surface area contributed by atoms with Gasteiger partial charge >= 0.3 is 0 Å². The van der Waals surface area contributed by atoms with Crippen LogP contribution in [-0.2, 0) is 21.7 Å². The number of thioether (sulfide) groups is 1. The number of carbonyl (C=O) groups excluding carboxylic acids is 2. The molecule has 2 saturated heterocycles. The van der Waals surface area contributed by atoms with Crippen molar-refractivity contribution in [2.75, 3.05) is 25.5 Å². The smallest absolute Gasteiger partial charge is 0.254 e. The highest BCUT2D eigenvalue weighted by molar-refractivity contribution is 8.25. The maximum Gasteiger partial charge on any atom is 0.254 e. The van der Waals surface area contributed by atoms with Crippen LogP contribution in [0.1, 0.15) is 22.1 Å². The molecule has 3 aromatic rings. The fraction of sp³-hybridized carbons (Fsp3) is 0.292. The maximum absolute atomic E-state index is 14.5. The lowest BCUT2D eigenvalue weighted by molar-refractivity contribution is -0.139. The molecule has 6 nitrogen and oxygen atoms in total. The zero-order valence-electron chi connectivity index (χ0n) is 18.1. The molecule has 2 spiro atoms. The molecule has 0 bridgehead atoms. The predicted molar refractivity (Wildman–Crippen MR) is 133 cm³/mol. The second-order valence-corrected chi connectivity index (χ2v) is 11.5. The van der Waals surface area contributed by atoms with Gasteiger partial charge in [0.15, 0.2) is 5.54 Å².